The first-order valence-corrected chi connectivity index (χ1v) is 7.99. The Labute approximate surface area is 122 Å². The largest absolute Gasteiger partial charge is 0.379 e. The maximum Gasteiger partial charge on any atom is 0.254 e. The van der Waals surface area contributed by atoms with Gasteiger partial charge < -0.3 is 10.1 Å². The number of ether oxygens (including phenoxy) is 1. The predicted molar refractivity (Wildman–Crippen MR) is 73.7 cm³/mol. The number of rotatable bonds is 3. The molecule has 1 aromatic rings. The van der Waals surface area contributed by atoms with E-state index in [9.17, 15) is 17.6 Å². The highest BCUT2D eigenvalue weighted by Gasteiger charge is 2.30. The van der Waals surface area contributed by atoms with E-state index in [-0.39, 0.29) is 10.5 Å². The first kappa shape index (κ1) is 15.9. The monoisotopic (exact) mass is 316 g/mol. The summed E-state index contributed by atoms with van der Waals surface area (Å²) in [7, 11) is -4.00. The van der Waals surface area contributed by atoms with Crippen molar-refractivity contribution < 1.29 is 22.3 Å². The Balaban J connectivity index is 2.26. The summed E-state index contributed by atoms with van der Waals surface area (Å²) < 4.78 is 41.6. The normalized spacial score (nSPS) is 22.8. The SMILES string of the molecule is CC1(NC(=O)c2cc(S(N)(=O)=O)ccc2F)CCCOC1. The molecular weight excluding hydrogens is 299 g/mol. The van der Waals surface area contributed by atoms with Gasteiger partial charge in [0.05, 0.1) is 22.6 Å². The van der Waals surface area contributed by atoms with Crippen molar-refractivity contribution in [1.29, 1.82) is 0 Å². The number of nitrogens with one attached hydrogen (secondary N) is 1. The Hall–Kier alpha value is -1.51. The topological polar surface area (TPSA) is 98.5 Å². The van der Waals surface area contributed by atoms with Gasteiger partial charge in [-0.25, -0.2) is 17.9 Å². The lowest BCUT2D eigenvalue weighted by atomic mass is 9.94. The maximum atomic E-state index is 13.8. The van der Waals surface area contributed by atoms with E-state index in [0.29, 0.717) is 19.6 Å². The third kappa shape index (κ3) is 3.78. The van der Waals surface area contributed by atoms with Gasteiger partial charge in [0, 0.05) is 6.61 Å². The smallest absolute Gasteiger partial charge is 0.254 e. The number of carbonyl (C=O) groups excluding carboxylic acids is 1. The number of hydrogen-bond acceptors (Lipinski definition) is 4. The molecule has 3 N–H and O–H groups in total. The zero-order valence-electron chi connectivity index (χ0n) is 11.6. The number of primary sulfonamides is 1. The highest BCUT2D eigenvalue weighted by atomic mass is 32.2. The fraction of sp³-hybridized carbons (Fsp3) is 0.462. The van der Waals surface area contributed by atoms with E-state index in [1.54, 1.807) is 6.92 Å². The lowest BCUT2D eigenvalue weighted by Gasteiger charge is -2.34. The van der Waals surface area contributed by atoms with E-state index in [2.05, 4.69) is 5.32 Å². The molecule has 0 spiro atoms. The molecule has 1 saturated heterocycles. The second-order valence-corrected chi connectivity index (χ2v) is 6.92. The van der Waals surface area contributed by atoms with Crippen molar-refractivity contribution in [3.63, 3.8) is 0 Å². The molecule has 1 atom stereocenters. The quantitative estimate of drug-likeness (QED) is 0.860. The molecule has 21 heavy (non-hydrogen) atoms. The van der Waals surface area contributed by atoms with Crippen molar-refractivity contribution in [1.82, 2.24) is 5.32 Å². The molecule has 1 aromatic carbocycles. The Morgan fingerprint density at radius 1 is 1.48 bits per heavy atom. The van der Waals surface area contributed by atoms with Gasteiger partial charge in [0.1, 0.15) is 5.82 Å². The zero-order valence-corrected chi connectivity index (χ0v) is 12.4. The van der Waals surface area contributed by atoms with Crippen LogP contribution in [0.4, 0.5) is 4.39 Å². The van der Waals surface area contributed by atoms with Crippen molar-refractivity contribution >= 4 is 15.9 Å². The Morgan fingerprint density at radius 3 is 2.76 bits per heavy atom. The van der Waals surface area contributed by atoms with Crippen LogP contribution in [0, 0.1) is 5.82 Å². The minimum atomic E-state index is -4.00. The molecule has 8 heteroatoms. The number of hydrogen-bond donors (Lipinski definition) is 2. The third-order valence-corrected chi connectivity index (χ3v) is 4.28. The number of nitrogens with two attached hydrogens (primary N) is 1. The number of sulfonamides is 1. The Bertz CT molecular complexity index is 654. The first-order chi connectivity index (χ1) is 9.71. The van der Waals surface area contributed by atoms with E-state index >= 15 is 0 Å². The molecule has 0 radical (unpaired) electrons. The molecular formula is C13H17FN2O4S. The van der Waals surface area contributed by atoms with Crippen LogP contribution in [0.2, 0.25) is 0 Å². The van der Waals surface area contributed by atoms with Crippen molar-refractivity contribution in [3.8, 4) is 0 Å². The minimum absolute atomic E-state index is 0.306. The fourth-order valence-corrected chi connectivity index (χ4v) is 2.77. The van der Waals surface area contributed by atoms with Gasteiger partial charge in [-0.05, 0) is 38.0 Å². The molecule has 1 amide bonds. The average Bonchev–Trinajstić information content (AvgIpc) is 2.38. The molecule has 0 saturated carbocycles. The molecule has 0 aromatic heterocycles. The van der Waals surface area contributed by atoms with Crippen LogP contribution in [0.3, 0.4) is 0 Å². The summed E-state index contributed by atoms with van der Waals surface area (Å²) in [6.07, 6.45) is 1.49. The molecule has 1 heterocycles. The summed E-state index contributed by atoms with van der Waals surface area (Å²) in [6, 6.07) is 2.87. The van der Waals surface area contributed by atoms with Crippen molar-refractivity contribution in [2.24, 2.45) is 5.14 Å². The number of halogens is 1. The van der Waals surface area contributed by atoms with E-state index in [4.69, 9.17) is 9.88 Å². The molecule has 0 bridgehead atoms. The van der Waals surface area contributed by atoms with Crippen LogP contribution < -0.4 is 10.5 Å². The van der Waals surface area contributed by atoms with Gasteiger partial charge in [0.2, 0.25) is 10.0 Å². The van der Waals surface area contributed by atoms with Gasteiger partial charge >= 0.3 is 0 Å². The first-order valence-electron chi connectivity index (χ1n) is 6.44. The summed E-state index contributed by atoms with van der Waals surface area (Å²) in [5.74, 6) is -1.49. The summed E-state index contributed by atoms with van der Waals surface area (Å²) in [5.41, 5.74) is -0.951. The predicted octanol–water partition coefficient (Wildman–Crippen LogP) is 0.772. The average molecular weight is 316 g/mol. The van der Waals surface area contributed by atoms with Crippen LogP contribution in [0.1, 0.15) is 30.1 Å². The molecule has 2 rings (SSSR count). The van der Waals surface area contributed by atoms with E-state index in [1.165, 1.54) is 0 Å². The molecule has 1 aliphatic rings. The summed E-state index contributed by atoms with van der Waals surface area (Å²) in [6.45, 7) is 2.75. The lowest BCUT2D eigenvalue weighted by molar-refractivity contribution is 0.0271. The van der Waals surface area contributed by atoms with Crippen LogP contribution in [0.25, 0.3) is 0 Å². The van der Waals surface area contributed by atoms with Gasteiger partial charge in [0.25, 0.3) is 5.91 Å². The summed E-state index contributed by atoms with van der Waals surface area (Å²) >= 11 is 0. The van der Waals surface area contributed by atoms with Crippen LogP contribution in [0.5, 0.6) is 0 Å². The summed E-state index contributed by atoms with van der Waals surface area (Å²) in [4.78, 5) is 11.9. The molecule has 116 valence electrons. The lowest BCUT2D eigenvalue weighted by Crippen LogP contribution is -2.51. The van der Waals surface area contributed by atoms with E-state index in [1.807, 2.05) is 0 Å². The highest BCUT2D eigenvalue weighted by molar-refractivity contribution is 7.89. The van der Waals surface area contributed by atoms with Crippen molar-refractivity contribution in [2.75, 3.05) is 13.2 Å². The fourth-order valence-electron chi connectivity index (χ4n) is 2.23. The standard InChI is InChI=1S/C13H17FN2O4S/c1-13(5-2-6-20-8-13)16-12(17)10-7-9(21(15,18)19)3-4-11(10)14/h3-4,7H,2,5-6,8H2,1H3,(H,16,17)(H2,15,18,19). The molecule has 1 aliphatic heterocycles. The van der Waals surface area contributed by atoms with Gasteiger partial charge in [-0.1, -0.05) is 0 Å². The molecule has 1 fully saturated rings. The molecule has 1 unspecified atom stereocenters. The van der Waals surface area contributed by atoms with Crippen molar-refractivity contribution in [3.05, 3.63) is 29.6 Å². The van der Waals surface area contributed by atoms with Crippen LogP contribution in [-0.4, -0.2) is 33.1 Å². The second kappa shape index (κ2) is 5.70. The Morgan fingerprint density at radius 2 is 2.19 bits per heavy atom. The van der Waals surface area contributed by atoms with Crippen molar-refractivity contribution in [2.45, 2.75) is 30.2 Å². The van der Waals surface area contributed by atoms with Gasteiger partial charge in [0.15, 0.2) is 0 Å². The third-order valence-electron chi connectivity index (χ3n) is 3.36. The molecule has 0 aliphatic carbocycles. The minimum Gasteiger partial charge on any atom is -0.379 e. The number of benzene rings is 1. The van der Waals surface area contributed by atoms with Gasteiger partial charge in [-0.3, -0.25) is 4.79 Å². The second-order valence-electron chi connectivity index (χ2n) is 5.36. The number of amides is 1. The van der Waals surface area contributed by atoms with Crippen LogP contribution in [-0.2, 0) is 14.8 Å². The van der Waals surface area contributed by atoms with E-state index in [0.717, 1.165) is 24.6 Å². The zero-order chi connectivity index (χ0) is 15.7. The number of carbonyl (C=O) groups is 1. The Kier molecular flexibility index (Phi) is 4.31. The molecule has 6 nitrogen and oxygen atoms in total. The maximum absolute atomic E-state index is 13.8. The van der Waals surface area contributed by atoms with Gasteiger partial charge in [-0.2, -0.15) is 0 Å². The summed E-state index contributed by atoms with van der Waals surface area (Å²) in [5, 5.41) is 7.68. The van der Waals surface area contributed by atoms with E-state index < -0.39 is 27.3 Å². The van der Waals surface area contributed by atoms with Crippen LogP contribution >= 0.6 is 0 Å². The highest BCUT2D eigenvalue weighted by Crippen LogP contribution is 2.20. The van der Waals surface area contributed by atoms with Crippen LogP contribution in [0.15, 0.2) is 23.1 Å². The van der Waals surface area contributed by atoms with Gasteiger partial charge in [-0.15, -0.1) is 0 Å².